The Morgan fingerprint density at radius 3 is 2.63 bits per heavy atom. The molecule has 104 valence electrons. The van der Waals surface area contributed by atoms with E-state index in [2.05, 4.69) is 44.3 Å². The standard InChI is InChI=1S/C16H24N2O/c1-12-5-4-6-18(11-12)16(19)10-17-15-8-13(2)7-14(3)9-15/h7-9,12,17H,4-6,10-11H2,1-3H3. The Bertz CT molecular complexity index is 436. The van der Waals surface area contributed by atoms with Gasteiger partial charge in [0.25, 0.3) is 0 Å². The number of nitrogens with zero attached hydrogens (tertiary/aromatic N) is 1. The van der Waals surface area contributed by atoms with E-state index in [-0.39, 0.29) is 5.91 Å². The summed E-state index contributed by atoms with van der Waals surface area (Å²) in [7, 11) is 0. The Balaban J connectivity index is 1.89. The zero-order chi connectivity index (χ0) is 13.8. The Morgan fingerprint density at radius 1 is 1.32 bits per heavy atom. The van der Waals surface area contributed by atoms with Crippen molar-refractivity contribution < 1.29 is 4.79 Å². The molecule has 1 saturated heterocycles. The van der Waals surface area contributed by atoms with Crippen LogP contribution in [0.5, 0.6) is 0 Å². The maximum atomic E-state index is 12.2. The van der Waals surface area contributed by atoms with Crippen LogP contribution in [0.1, 0.15) is 30.9 Å². The highest BCUT2D eigenvalue weighted by molar-refractivity contribution is 5.81. The van der Waals surface area contributed by atoms with Crippen molar-refractivity contribution >= 4 is 11.6 Å². The van der Waals surface area contributed by atoms with Gasteiger partial charge in [-0.3, -0.25) is 4.79 Å². The SMILES string of the molecule is Cc1cc(C)cc(NCC(=O)N2CCCC(C)C2)c1. The van der Waals surface area contributed by atoms with Gasteiger partial charge in [0.2, 0.25) is 5.91 Å². The fraction of sp³-hybridized carbons (Fsp3) is 0.562. The van der Waals surface area contributed by atoms with Crippen molar-refractivity contribution in [2.75, 3.05) is 25.0 Å². The third-order valence-electron chi connectivity index (χ3n) is 3.68. The van der Waals surface area contributed by atoms with Gasteiger partial charge in [0.15, 0.2) is 0 Å². The molecule has 1 atom stereocenters. The number of hydrogen-bond acceptors (Lipinski definition) is 2. The number of aryl methyl sites for hydroxylation is 2. The molecule has 1 N–H and O–H groups in total. The van der Waals surface area contributed by atoms with E-state index in [4.69, 9.17) is 0 Å². The predicted molar refractivity (Wildman–Crippen MR) is 79.4 cm³/mol. The van der Waals surface area contributed by atoms with Gasteiger partial charge in [0.05, 0.1) is 6.54 Å². The lowest BCUT2D eigenvalue weighted by molar-refractivity contribution is -0.130. The molecule has 1 aliphatic rings. The van der Waals surface area contributed by atoms with E-state index in [1.807, 2.05) is 4.90 Å². The van der Waals surface area contributed by atoms with Crippen molar-refractivity contribution in [1.82, 2.24) is 4.90 Å². The van der Waals surface area contributed by atoms with Crippen LogP contribution in [0.15, 0.2) is 18.2 Å². The first-order valence-corrected chi connectivity index (χ1v) is 7.14. The normalized spacial score (nSPS) is 19.3. The summed E-state index contributed by atoms with van der Waals surface area (Å²) in [4.78, 5) is 14.1. The maximum absolute atomic E-state index is 12.2. The quantitative estimate of drug-likeness (QED) is 0.906. The molecule has 0 saturated carbocycles. The first kappa shape index (κ1) is 13.9. The van der Waals surface area contributed by atoms with Crippen molar-refractivity contribution in [3.63, 3.8) is 0 Å². The average Bonchev–Trinajstić information content (AvgIpc) is 2.35. The molecule has 19 heavy (non-hydrogen) atoms. The number of rotatable bonds is 3. The second-order valence-electron chi connectivity index (χ2n) is 5.82. The Hall–Kier alpha value is -1.51. The van der Waals surface area contributed by atoms with E-state index in [1.54, 1.807) is 0 Å². The molecule has 1 aromatic rings. The maximum Gasteiger partial charge on any atom is 0.241 e. The van der Waals surface area contributed by atoms with Gasteiger partial charge in [-0.25, -0.2) is 0 Å². The molecule has 1 amide bonds. The minimum absolute atomic E-state index is 0.214. The van der Waals surface area contributed by atoms with Crippen LogP contribution in [0.4, 0.5) is 5.69 Å². The highest BCUT2D eigenvalue weighted by Crippen LogP contribution is 2.16. The minimum Gasteiger partial charge on any atom is -0.376 e. The largest absolute Gasteiger partial charge is 0.376 e. The number of benzene rings is 1. The van der Waals surface area contributed by atoms with Gasteiger partial charge in [0, 0.05) is 18.8 Å². The van der Waals surface area contributed by atoms with Gasteiger partial charge in [-0.05, 0) is 55.9 Å². The molecule has 0 spiro atoms. The van der Waals surface area contributed by atoms with E-state index in [0.29, 0.717) is 12.5 Å². The highest BCUT2D eigenvalue weighted by atomic mass is 16.2. The fourth-order valence-corrected chi connectivity index (χ4v) is 2.78. The molecular weight excluding hydrogens is 236 g/mol. The summed E-state index contributed by atoms with van der Waals surface area (Å²) in [6.07, 6.45) is 2.38. The molecule has 3 nitrogen and oxygen atoms in total. The van der Waals surface area contributed by atoms with Crippen LogP contribution >= 0.6 is 0 Å². The van der Waals surface area contributed by atoms with Gasteiger partial charge >= 0.3 is 0 Å². The second kappa shape index (κ2) is 6.09. The molecule has 0 radical (unpaired) electrons. The third kappa shape index (κ3) is 3.98. The van der Waals surface area contributed by atoms with Crippen LogP contribution in [0.2, 0.25) is 0 Å². The Morgan fingerprint density at radius 2 is 2.00 bits per heavy atom. The lowest BCUT2D eigenvalue weighted by Gasteiger charge is -2.31. The van der Waals surface area contributed by atoms with E-state index in [1.165, 1.54) is 17.5 Å². The average molecular weight is 260 g/mol. The first-order valence-electron chi connectivity index (χ1n) is 7.14. The molecule has 3 heteroatoms. The van der Waals surface area contributed by atoms with E-state index >= 15 is 0 Å². The number of amides is 1. The van der Waals surface area contributed by atoms with Crippen molar-refractivity contribution in [3.05, 3.63) is 29.3 Å². The molecule has 1 heterocycles. The van der Waals surface area contributed by atoms with Crippen molar-refractivity contribution in [2.24, 2.45) is 5.92 Å². The number of nitrogens with one attached hydrogen (secondary N) is 1. The summed E-state index contributed by atoms with van der Waals surface area (Å²) in [5.74, 6) is 0.852. The van der Waals surface area contributed by atoms with Crippen molar-refractivity contribution in [3.8, 4) is 0 Å². The lowest BCUT2D eigenvalue weighted by Crippen LogP contribution is -2.41. The minimum atomic E-state index is 0.214. The predicted octanol–water partition coefficient (Wildman–Crippen LogP) is 2.97. The number of hydrogen-bond donors (Lipinski definition) is 1. The zero-order valence-electron chi connectivity index (χ0n) is 12.2. The molecule has 2 rings (SSSR count). The van der Waals surface area contributed by atoms with Gasteiger partial charge in [-0.2, -0.15) is 0 Å². The van der Waals surface area contributed by atoms with Crippen LogP contribution in [0.3, 0.4) is 0 Å². The Labute approximate surface area is 116 Å². The second-order valence-corrected chi connectivity index (χ2v) is 5.82. The van der Waals surface area contributed by atoms with Gasteiger partial charge in [-0.1, -0.05) is 13.0 Å². The number of piperidine rings is 1. The third-order valence-corrected chi connectivity index (χ3v) is 3.68. The Kier molecular flexibility index (Phi) is 4.46. The summed E-state index contributed by atoms with van der Waals surface area (Å²) in [5.41, 5.74) is 3.49. The van der Waals surface area contributed by atoms with E-state index in [0.717, 1.165) is 25.2 Å². The van der Waals surface area contributed by atoms with Crippen LogP contribution in [0.25, 0.3) is 0 Å². The smallest absolute Gasteiger partial charge is 0.241 e. The molecule has 1 aromatic carbocycles. The van der Waals surface area contributed by atoms with Gasteiger partial charge in [0.1, 0.15) is 0 Å². The lowest BCUT2D eigenvalue weighted by atomic mass is 10.0. The molecule has 1 unspecified atom stereocenters. The fourth-order valence-electron chi connectivity index (χ4n) is 2.78. The zero-order valence-corrected chi connectivity index (χ0v) is 12.2. The van der Waals surface area contributed by atoms with Crippen molar-refractivity contribution in [2.45, 2.75) is 33.6 Å². The molecule has 0 aliphatic carbocycles. The topological polar surface area (TPSA) is 32.3 Å². The molecular formula is C16H24N2O. The van der Waals surface area contributed by atoms with Crippen LogP contribution < -0.4 is 5.32 Å². The van der Waals surface area contributed by atoms with Gasteiger partial charge < -0.3 is 10.2 Å². The van der Waals surface area contributed by atoms with E-state index < -0.39 is 0 Å². The summed E-state index contributed by atoms with van der Waals surface area (Å²) >= 11 is 0. The number of likely N-dealkylation sites (tertiary alicyclic amines) is 1. The number of carbonyl (C=O) groups is 1. The molecule has 0 aromatic heterocycles. The summed E-state index contributed by atoms with van der Waals surface area (Å²) in [5, 5.41) is 3.25. The summed E-state index contributed by atoms with van der Waals surface area (Å²) in [6, 6.07) is 6.30. The monoisotopic (exact) mass is 260 g/mol. The van der Waals surface area contributed by atoms with Crippen molar-refractivity contribution in [1.29, 1.82) is 0 Å². The van der Waals surface area contributed by atoms with Crippen LogP contribution in [-0.2, 0) is 4.79 Å². The summed E-state index contributed by atoms with van der Waals surface area (Å²) in [6.45, 7) is 8.59. The van der Waals surface area contributed by atoms with Gasteiger partial charge in [-0.15, -0.1) is 0 Å². The highest BCUT2D eigenvalue weighted by Gasteiger charge is 2.20. The van der Waals surface area contributed by atoms with Crippen LogP contribution in [-0.4, -0.2) is 30.4 Å². The summed E-state index contributed by atoms with van der Waals surface area (Å²) < 4.78 is 0. The molecule has 0 bridgehead atoms. The number of carbonyl (C=O) groups excluding carboxylic acids is 1. The number of anilines is 1. The molecule has 1 fully saturated rings. The van der Waals surface area contributed by atoms with E-state index in [9.17, 15) is 4.79 Å². The molecule has 1 aliphatic heterocycles. The first-order chi connectivity index (χ1) is 9.04. The van der Waals surface area contributed by atoms with Crippen LogP contribution in [0, 0.1) is 19.8 Å².